The van der Waals surface area contributed by atoms with Crippen molar-refractivity contribution < 1.29 is 30.0 Å². The minimum absolute atomic E-state index is 0. The minimum atomic E-state index is -0.125. The van der Waals surface area contributed by atoms with E-state index in [1.165, 1.54) is 34.2 Å². The quantitative estimate of drug-likeness (QED) is 0.143. The van der Waals surface area contributed by atoms with Crippen molar-refractivity contribution in [3.63, 3.8) is 0 Å². The molecule has 0 amide bonds. The van der Waals surface area contributed by atoms with Gasteiger partial charge in [-0.2, -0.15) is 0 Å². The van der Waals surface area contributed by atoms with Gasteiger partial charge in [-0.1, -0.05) is 0 Å². The number of benzene rings is 2. The van der Waals surface area contributed by atoms with E-state index < -0.39 is 0 Å². The predicted molar refractivity (Wildman–Crippen MR) is 115 cm³/mol. The Morgan fingerprint density at radius 2 is 1.76 bits per heavy atom. The maximum atomic E-state index is 10.0. The number of fused-ring (bicyclic) bond motifs is 1. The molecule has 0 saturated carbocycles. The standard InChI is InChI=1S/C19H12NSe.C5H8O2.Ir/c1-3-7-14(8-4-1)16-11-12-18-17(20-16)13-19(21-18)15-9-5-2-6-10-15;1-4(6)3-5(2)7;/h1-7,9-13H;3,6H,1-2H3;/q-1;;/b;4-3-;. The van der Waals surface area contributed by atoms with Crippen LogP contribution in [0, 0.1) is 6.07 Å². The van der Waals surface area contributed by atoms with Crippen LogP contribution < -0.4 is 0 Å². The van der Waals surface area contributed by atoms with Crippen LogP contribution in [0.25, 0.3) is 31.0 Å². The Morgan fingerprint density at radius 3 is 2.34 bits per heavy atom. The van der Waals surface area contributed by atoms with E-state index in [9.17, 15) is 4.79 Å². The third kappa shape index (κ3) is 6.62. The molecule has 0 spiro atoms. The van der Waals surface area contributed by atoms with Gasteiger partial charge < -0.3 is 5.11 Å². The van der Waals surface area contributed by atoms with Crippen molar-refractivity contribution >= 4 is 30.1 Å². The molecule has 0 aliphatic heterocycles. The molecule has 1 N–H and O–H groups in total. The van der Waals surface area contributed by atoms with Gasteiger partial charge in [-0.15, -0.1) is 0 Å². The van der Waals surface area contributed by atoms with E-state index in [1.54, 1.807) is 0 Å². The van der Waals surface area contributed by atoms with Gasteiger partial charge in [-0.05, 0) is 13.8 Å². The molecule has 4 aromatic rings. The summed E-state index contributed by atoms with van der Waals surface area (Å²) in [6, 6.07) is 28.4. The van der Waals surface area contributed by atoms with Crippen LogP contribution in [0.5, 0.6) is 0 Å². The third-order valence-electron chi connectivity index (χ3n) is 3.83. The fourth-order valence-corrected chi connectivity index (χ4v) is 4.78. The fourth-order valence-electron chi connectivity index (χ4n) is 2.67. The number of aliphatic hydroxyl groups is 1. The zero-order valence-corrected chi connectivity index (χ0v) is 20.2. The molecule has 0 bridgehead atoms. The number of allylic oxidation sites excluding steroid dienone is 2. The Morgan fingerprint density at radius 1 is 1.03 bits per heavy atom. The molecule has 0 fully saturated rings. The second-order valence-electron chi connectivity index (χ2n) is 6.23. The molecule has 29 heavy (non-hydrogen) atoms. The van der Waals surface area contributed by atoms with Gasteiger partial charge in [0.25, 0.3) is 0 Å². The normalized spacial score (nSPS) is 10.6. The average Bonchev–Trinajstić information content (AvgIpc) is 3.12. The summed E-state index contributed by atoms with van der Waals surface area (Å²) in [6.07, 6.45) is 1.17. The molecular weight excluding hydrogens is 605 g/mol. The van der Waals surface area contributed by atoms with Crippen molar-refractivity contribution in [3.05, 3.63) is 90.7 Å². The summed E-state index contributed by atoms with van der Waals surface area (Å²) < 4.78 is 2.76. The molecule has 4 rings (SSSR count). The van der Waals surface area contributed by atoms with Crippen molar-refractivity contribution in [1.82, 2.24) is 4.98 Å². The second-order valence-corrected chi connectivity index (χ2v) is 8.50. The van der Waals surface area contributed by atoms with Gasteiger partial charge in [0.15, 0.2) is 5.78 Å². The van der Waals surface area contributed by atoms with Crippen molar-refractivity contribution in [3.8, 4) is 21.3 Å². The number of rotatable bonds is 3. The van der Waals surface area contributed by atoms with Crippen LogP contribution in [0.3, 0.4) is 0 Å². The van der Waals surface area contributed by atoms with Gasteiger partial charge >= 0.3 is 129 Å². The number of aromatic nitrogens is 1. The first kappa shape index (κ1) is 23.0. The van der Waals surface area contributed by atoms with E-state index >= 15 is 0 Å². The summed E-state index contributed by atoms with van der Waals surface area (Å²) in [5.74, 6) is -0.0625. The number of carbonyl (C=O) groups excluding carboxylic acids is 1. The van der Waals surface area contributed by atoms with E-state index in [-0.39, 0.29) is 31.6 Å². The van der Waals surface area contributed by atoms with Gasteiger partial charge in [-0.25, -0.2) is 0 Å². The van der Waals surface area contributed by atoms with Crippen LogP contribution in [0.15, 0.2) is 84.6 Å². The Labute approximate surface area is 190 Å². The van der Waals surface area contributed by atoms with E-state index in [4.69, 9.17) is 10.1 Å². The van der Waals surface area contributed by atoms with E-state index in [0.29, 0.717) is 14.5 Å². The molecular formula is C24H20IrNO2Se-. The fraction of sp³-hybridized carbons (Fsp3) is 0.0833. The van der Waals surface area contributed by atoms with E-state index in [1.807, 2.05) is 18.2 Å². The number of hydrogen-bond donors (Lipinski definition) is 1. The number of hydrogen-bond acceptors (Lipinski definition) is 3. The first-order valence-electron chi connectivity index (χ1n) is 8.84. The molecule has 5 heteroatoms. The van der Waals surface area contributed by atoms with Gasteiger partial charge in [0.05, 0.1) is 5.76 Å². The van der Waals surface area contributed by atoms with Crippen LogP contribution in [-0.4, -0.2) is 30.4 Å². The molecule has 1 radical (unpaired) electrons. The summed E-state index contributed by atoms with van der Waals surface area (Å²) in [7, 11) is 0. The van der Waals surface area contributed by atoms with E-state index in [2.05, 4.69) is 60.7 Å². The number of nitrogens with zero attached hydrogens (tertiary/aromatic N) is 1. The monoisotopic (exact) mass is 627 g/mol. The first-order valence-corrected chi connectivity index (χ1v) is 10.5. The molecule has 0 saturated heterocycles. The van der Waals surface area contributed by atoms with Crippen LogP contribution in [-0.2, 0) is 24.9 Å². The Hall–Kier alpha value is -2.29. The SMILES string of the molecule is CC(=O)/C=C(/C)O.[Ir].[c-]1ccccc1-c1ccc2[se]c(-c3ccccc3)cc2n1. The van der Waals surface area contributed by atoms with Crippen LogP contribution in [0.2, 0.25) is 0 Å². The summed E-state index contributed by atoms with van der Waals surface area (Å²) in [6.45, 7) is 2.85. The number of pyridine rings is 1. The summed E-state index contributed by atoms with van der Waals surface area (Å²) in [5.41, 5.74) is 4.47. The van der Waals surface area contributed by atoms with Crippen molar-refractivity contribution in [2.45, 2.75) is 13.8 Å². The van der Waals surface area contributed by atoms with Crippen LogP contribution in [0.4, 0.5) is 0 Å². The molecule has 2 aromatic carbocycles. The summed E-state index contributed by atoms with van der Waals surface area (Å²) >= 11 is 0.350. The van der Waals surface area contributed by atoms with Gasteiger partial charge in [0.1, 0.15) is 0 Å². The molecule has 0 atom stereocenters. The van der Waals surface area contributed by atoms with Crippen molar-refractivity contribution in [2.24, 2.45) is 0 Å². The van der Waals surface area contributed by atoms with Gasteiger partial charge in [0, 0.05) is 26.2 Å². The molecule has 0 unspecified atom stereocenters. The third-order valence-corrected chi connectivity index (χ3v) is 6.22. The molecule has 2 heterocycles. The topological polar surface area (TPSA) is 50.2 Å². The van der Waals surface area contributed by atoms with Gasteiger partial charge in [-0.3, -0.25) is 4.79 Å². The van der Waals surface area contributed by atoms with Crippen molar-refractivity contribution in [2.75, 3.05) is 0 Å². The van der Waals surface area contributed by atoms with Crippen LogP contribution >= 0.6 is 0 Å². The van der Waals surface area contributed by atoms with Crippen molar-refractivity contribution in [1.29, 1.82) is 0 Å². The molecule has 2 aromatic heterocycles. The average molecular weight is 626 g/mol. The molecule has 0 aliphatic carbocycles. The maximum absolute atomic E-state index is 10.0. The number of aliphatic hydroxyl groups excluding tert-OH is 1. The Kier molecular flexibility index (Phi) is 8.75. The molecule has 149 valence electrons. The number of ketones is 1. The van der Waals surface area contributed by atoms with Gasteiger partial charge in [0.2, 0.25) is 0 Å². The Balaban J connectivity index is 0.000000327. The zero-order valence-electron chi connectivity index (χ0n) is 16.0. The molecule has 3 nitrogen and oxygen atoms in total. The first-order chi connectivity index (χ1) is 13.5. The number of carbonyl (C=O) groups is 1. The van der Waals surface area contributed by atoms with E-state index in [0.717, 1.165) is 16.8 Å². The Bertz CT molecular complexity index is 1060. The summed E-state index contributed by atoms with van der Waals surface area (Å²) in [5, 5.41) is 8.36. The van der Waals surface area contributed by atoms with Crippen LogP contribution in [0.1, 0.15) is 13.8 Å². The summed E-state index contributed by atoms with van der Waals surface area (Å²) in [4.78, 5) is 14.8. The molecule has 0 aliphatic rings. The zero-order chi connectivity index (χ0) is 19.9. The second kappa shape index (κ2) is 11.0. The predicted octanol–water partition coefficient (Wildman–Crippen LogP) is 5.46.